The van der Waals surface area contributed by atoms with Gasteiger partial charge in [-0.1, -0.05) is 39.7 Å². The van der Waals surface area contributed by atoms with Crippen LogP contribution in [0.15, 0.2) is 59.2 Å². The molecule has 0 atom stereocenters. The number of carbonyl (C=O) groups excluding carboxylic acids is 1. The van der Waals surface area contributed by atoms with E-state index in [2.05, 4.69) is 25.8 Å². The Kier molecular flexibility index (Phi) is 6.77. The molecular formula is C20H19BrClN3O3S. The molecule has 3 rings (SSSR count). The maximum Gasteiger partial charge on any atom is 0.234 e. The first-order valence-electron chi connectivity index (χ1n) is 8.91. The van der Waals surface area contributed by atoms with E-state index in [1.165, 1.54) is 6.92 Å². The van der Waals surface area contributed by atoms with Gasteiger partial charge in [0.25, 0.3) is 0 Å². The van der Waals surface area contributed by atoms with E-state index < -0.39 is 15.9 Å². The minimum Gasteiger partial charge on any atom is -0.274 e. The number of carbonyl (C=O) groups is 1. The van der Waals surface area contributed by atoms with Crippen LogP contribution in [0.5, 0.6) is 0 Å². The van der Waals surface area contributed by atoms with Crippen molar-refractivity contribution in [2.75, 3.05) is 5.75 Å². The maximum atomic E-state index is 12.1. The van der Waals surface area contributed by atoms with E-state index in [1.54, 1.807) is 16.8 Å². The molecular weight excluding hydrogens is 478 g/mol. The highest BCUT2D eigenvalue weighted by Crippen LogP contribution is 2.26. The Morgan fingerprint density at radius 3 is 2.41 bits per heavy atom. The fraction of sp³-hybridized carbons (Fsp3) is 0.200. The third-order valence-electron chi connectivity index (χ3n) is 4.27. The smallest absolute Gasteiger partial charge is 0.234 e. The van der Waals surface area contributed by atoms with Crippen molar-refractivity contribution < 1.29 is 13.2 Å². The molecule has 9 heteroatoms. The molecule has 152 valence electrons. The summed E-state index contributed by atoms with van der Waals surface area (Å²) in [6, 6.07) is 15.0. The number of rotatable bonds is 7. The molecule has 3 aromatic rings. The number of aromatic nitrogens is 2. The molecule has 6 nitrogen and oxygen atoms in total. The normalized spacial score (nSPS) is 11.4. The quantitative estimate of drug-likeness (QED) is 0.527. The Bertz CT molecular complexity index is 1110. The summed E-state index contributed by atoms with van der Waals surface area (Å²) in [5, 5.41) is 5.30. The Morgan fingerprint density at radius 2 is 1.79 bits per heavy atom. The number of hydrogen-bond acceptors (Lipinski definition) is 4. The van der Waals surface area contributed by atoms with Crippen molar-refractivity contribution in [2.45, 2.75) is 19.8 Å². The van der Waals surface area contributed by atoms with E-state index >= 15 is 0 Å². The predicted octanol–water partition coefficient (Wildman–Crippen LogP) is 4.35. The zero-order chi connectivity index (χ0) is 21.0. The van der Waals surface area contributed by atoms with Crippen molar-refractivity contribution in [3.05, 3.63) is 69.8 Å². The third kappa shape index (κ3) is 5.68. The molecule has 0 saturated carbocycles. The van der Waals surface area contributed by atoms with Crippen LogP contribution in [-0.2, 0) is 21.2 Å². The topological polar surface area (TPSA) is 81.1 Å². The van der Waals surface area contributed by atoms with Crippen LogP contribution in [0, 0.1) is 0 Å². The second-order valence-corrected chi connectivity index (χ2v) is 9.72. The number of nitrogens with zero attached hydrogens (tertiary/aromatic N) is 2. The Hall–Kier alpha value is -2.16. The Labute approximate surface area is 183 Å². The summed E-state index contributed by atoms with van der Waals surface area (Å²) >= 11 is 9.41. The largest absolute Gasteiger partial charge is 0.274 e. The van der Waals surface area contributed by atoms with Crippen molar-refractivity contribution in [1.29, 1.82) is 0 Å². The molecule has 0 spiro atoms. The maximum absolute atomic E-state index is 12.1. The van der Waals surface area contributed by atoms with Gasteiger partial charge < -0.3 is 0 Å². The molecule has 0 bridgehead atoms. The number of nitrogens with one attached hydrogen (secondary N) is 1. The van der Waals surface area contributed by atoms with Gasteiger partial charge in [0.15, 0.2) is 0 Å². The lowest BCUT2D eigenvalue weighted by Crippen LogP contribution is -2.31. The molecule has 0 fully saturated rings. The number of sulfonamides is 1. The summed E-state index contributed by atoms with van der Waals surface area (Å²) in [6.07, 6.45) is 2.24. The zero-order valence-corrected chi connectivity index (χ0v) is 18.8. The van der Waals surface area contributed by atoms with Gasteiger partial charge in [-0.3, -0.25) is 9.52 Å². The fourth-order valence-electron chi connectivity index (χ4n) is 2.71. The van der Waals surface area contributed by atoms with Gasteiger partial charge in [0, 0.05) is 27.7 Å². The molecule has 0 saturated heterocycles. The van der Waals surface area contributed by atoms with Crippen LogP contribution in [0.1, 0.15) is 18.9 Å². The average molecular weight is 497 g/mol. The van der Waals surface area contributed by atoms with Crippen molar-refractivity contribution in [3.63, 3.8) is 0 Å². The monoisotopic (exact) mass is 495 g/mol. The van der Waals surface area contributed by atoms with Crippen molar-refractivity contribution in [1.82, 2.24) is 14.5 Å². The Morgan fingerprint density at radius 1 is 1.14 bits per heavy atom. The highest BCUT2D eigenvalue weighted by atomic mass is 79.9. The lowest BCUT2D eigenvalue weighted by molar-refractivity contribution is -0.119. The van der Waals surface area contributed by atoms with Crippen LogP contribution in [0.2, 0.25) is 5.02 Å². The summed E-state index contributed by atoms with van der Waals surface area (Å²) in [4.78, 5) is 12.1. The molecule has 1 aromatic heterocycles. The summed E-state index contributed by atoms with van der Waals surface area (Å²) in [5.41, 5.74) is 3.28. The van der Waals surface area contributed by atoms with Gasteiger partial charge in [0.1, 0.15) is 0 Å². The average Bonchev–Trinajstić information content (AvgIpc) is 3.11. The van der Waals surface area contributed by atoms with Gasteiger partial charge in [0.2, 0.25) is 15.9 Å². The highest BCUT2D eigenvalue weighted by molar-refractivity contribution is 9.10. The van der Waals surface area contributed by atoms with Crippen LogP contribution >= 0.6 is 27.5 Å². The van der Waals surface area contributed by atoms with Crippen molar-refractivity contribution in [3.8, 4) is 16.9 Å². The lowest BCUT2D eigenvalue weighted by atomic mass is 10.0. The lowest BCUT2D eigenvalue weighted by Gasteiger charge is -2.05. The van der Waals surface area contributed by atoms with Crippen molar-refractivity contribution in [2.24, 2.45) is 0 Å². The minimum atomic E-state index is -3.57. The van der Waals surface area contributed by atoms with Crippen LogP contribution < -0.4 is 4.72 Å². The molecule has 0 radical (unpaired) electrons. The summed E-state index contributed by atoms with van der Waals surface area (Å²) in [6.45, 7) is 1.48. The molecule has 0 unspecified atom stereocenters. The molecule has 2 aromatic carbocycles. The van der Waals surface area contributed by atoms with Gasteiger partial charge in [-0.15, -0.1) is 0 Å². The molecule has 1 heterocycles. The molecule has 29 heavy (non-hydrogen) atoms. The first-order valence-corrected chi connectivity index (χ1v) is 11.7. The van der Waals surface area contributed by atoms with E-state index in [1.807, 2.05) is 42.6 Å². The number of halogens is 2. The first kappa shape index (κ1) is 21.5. The molecule has 0 aliphatic carbocycles. The molecule has 0 aliphatic rings. The molecule has 1 N–H and O–H groups in total. The summed E-state index contributed by atoms with van der Waals surface area (Å²) in [5.74, 6) is -0.679. The van der Waals surface area contributed by atoms with Crippen molar-refractivity contribution >= 4 is 43.5 Å². The molecule has 0 aliphatic heterocycles. The number of aryl methyl sites for hydroxylation is 1. The van der Waals surface area contributed by atoms with Gasteiger partial charge in [-0.05, 0) is 55.3 Å². The predicted molar refractivity (Wildman–Crippen MR) is 118 cm³/mol. The van der Waals surface area contributed by atoms with Gasteiger partial charge >= 0.3 is 0 Å². The van der Waals surface area contributed by atoms with Crippen LogP contribution in [0.3, 0.4) is 0 Å². The van der Waals surface area contributed by atoms with Gasteiger partial charge in [-0.2, -0.15) is 5.10 Å². The second kappa shape index (κ2) is 9.11. The highest BCUT2D eigenvalue weighted by Gasteiger charge is 2.16. The van der Waals surface area contributed by atoms with Crippen LogP contribution in [0.4, 0.5) is 0 Å². The van der Waals surface area contributed by atoms with E-state index in [0.717, 1.165) is 27.0 Å². The standard InChI is InChI=1S/C20H19BrClN3O3S/c1-2-29(27,28)24-19(26)12-5-15-13-25(18-10-6-16(21)7-11-18)23-20(15)14-3-8-17(22)9-4-14/h3-4,6-11,13H,2,5,12H2,1H3,(H,24,26). The van der Waals surface area contributed by atoms with E-state index in [-0.39, 0.29) is 12.2 Å². The van der Waals surface area contributed by atoms with Gasteiger partial charge in [-0.25, -0.2) is 13.1 Å². The van der Waals surface area contributed by atoms with Crippen LogP contribution in [0.25, 0.3) is 16.9 Å². The van der Waals surface area contributed by atoms with Crippen LogP contribution in [-0.4, -0.2) is 29.9 Å². The van der Waals surface area contributed by atoms with E-state index in [0.29, 0.717) is 11.4 Å². The SMILES string of the molecule is CCS(=O)(=O)NC(=O)CCc1cn(-c2ccc(Br)cc2)nc1-c1ccc(Cl)cc1. The third-order valence-corrected chi connectivity index (χ3v) is 6.35. The second-order valence-electron chi connectivity index (χ2n) is 6.36. The first-order chi connectivity index (χ1) is 13.8. The van der Waals surface area contributed by atoms with E-state index in [4.69, 9.17) is 11.6 Å². The number of benzene rings is 2. The molecule has 1 amide bonds. The zero-order valence-electron chi connectivity index (χ0n) is 15.6. The minimum absolute atomic E-state index is 0.0336. The number of hydrogen-bond donors (Lipinski definition) is 1. The Balaban J connectivity index is 1.90. The number of amides is 1. The fourth-order valence-corrected chi connectivity index (χ4v) is 3.70. The summed E-state index contributed by atoms with van der Waals surface area (Å²) < 4.78 is 28.0. The van der Waals surface area contributed by atoms with E-state index in [9.17, 15) is 13.2 Å². The van der Waals surface area contributed by atoms with Gasteiger partial charge in [0.05, 0.1) is 17.1 Å². The summed E-state index contributed by atoms with van der Waals surface area (Å²) in [7, 11) is -3.57.